The van der Waals surface area contributed by atoms with Gasteiger partial charge < -0.3 is 25.2 Å². The van der Waals surface area contributed by atoms with Gasteiger partial charge in [0, 0.05) is 24.4 Å². The standard InChI is InChI=1S/C12H22BN3O4/c1-11(2,18)12(3,4)20-13(19)9-7-15-10(16-8-9)14-5-6-17/h7-8,17-19H,5-6H2,1-4H3,(H,14,15,16). The minimum Gasteiger partial charge on any atom is -0.423 e. The van der Waals surface area contributed by atoms with Crippen molar-refractivity contribution in [2.24, 2.45) is 0 Å². The number of aliphatic hydroxyl groups is 2. The van der Waals surface area contributed by atoms with E-state index in [-0.39, 0.29) is 6.61 Å². The van der Waals surface area contributed by atoms with E-state index in [0.29, 0.717) is 18.0 Å². The summed E-state index contributed by atoms with van der Waals surface area (Å²) >= 11 is 0. The number of rotatable bonds is 7. The van der Waals surface area contributed by atoms with Gasteiger partial charge in [-0.05, 0) is 27.7 Å². The van der Waals surface area contributed by atoms with Crippen molar-refractivity contribution in [3.63, 3.8) is 0 Å². The highest BCUT2D eigenvalue weighted by molar-refractivity contribution is 6.59. The number of hydrogen-bond donors (Lipinski definition) is 4. The number of anilines is 1. The van der Waals surface area contributed by atoms with Crippen LogP contribution in [-0.2, 0) is 4.65 Å². The maximum absolute atomic E-state index is 10.0. The molecule has 8 heteroatoms. The highest BCUT2D eigenvalue weighted by Crippen LogP contribution is 2.25. The summed E-state index contributed by atoms with van der Waals surface area (Å²) in [4.78, 5) is 7.99. The van der Waals surface area contributed by atoms with E-state index in [0.717, 1.165) is 0 Å². The molecule has 0 amide bonds. The zero-order valence-corrected chi connectivity index (χ0v) is 12.3. The van der Waals surface area contributed by atoms with Crippen LogP contribution in [0.25, 0.3) is 0 Å². The molecule has 4 N–H and O–H groups in total. The molecule has 20 heavy (non-hydrogen) atoms. The van der Waals surface area contributed by atoms with Gasteiger partial charge in [-0.15, -0.1) is 0 Å². The summed E-state index contributed by atoms with van der Waals surface area (Å²) < 4.78 is 5.47. The maximum Gasteiger partial charge on any atom is 0.494 e. The largest absolute Gasteiger partial charge is 0.494 e. The quantitative estimate of drug-likeness (QED) is 0.482. The van der Waals surface area contributed by atoms with Crippen molar-refractivity contribution in [1.82, 2.24) is 9.97 Å². The third kappa shape index (κ3) is 4.41. The highest BCUT2D eigenvalue weighted by atomic mass is 16.5. The monoisotopic (exact) mass is 283 g/mol. The molecule has 0 aliphatic carbocycles. The fraction of sp³-hybridized carbons (Fsp3) is 0.667. The SMILES string of the molecule is CC(C)(O)C(C)(C)OB(O)c1cnc(NCCO)nc1. The number of nitrogens with one attached hydrogen (secondary N) is 1. The molecule has 0 saturated heterocycles. The molecular formula is C12H22BN3O4. The van der Waals surface area contributed by atoms with Gasteiger partial charge in [-0.3, -0.25) is 0 Å². The molecule has 1 rings (SSSR count). The van der Waals surface area contributed by atoms with Gasteiger partial charge >= 0.3 is 7.12 Å². The smallest absolute Gasteiger partial charge is 0.423 e. The molecule has 0 aromatic carbocycles. The van der Waals surface area contributed by atoms with Crippen LogP contribution in [0.3, 0.4) is 0 Å². The average Bonchev–Trinajstić information content (AvgIpc) is 2.35. The Morgan fingerprint density at radius 2 is 1.80 bits per heavy atom. The number of aromatic nitrogens is 2. The van der Waals surface area contributed by atoms with Gasteiger partial charge in [0.2, 0.25) is 5.95 Å². The first-order chi connectivity index (χ1) is 9.17. The fourth-order valence-electron chi connectivity index (χ4n) is 1.22. The van der Waals surface area contributed by atoms with E-state index in [1.54, 1.807) is 27.7 Å². The number of aliphatic hydroxyl groups excluding tert-OH is 1. The Kier molecular flexibility index (Phi) is 5.46. The molecule has 1 aromatic rings. The molecular weight excluding hydrogens is 261 g/mol. The summed E-state index contributed by atoms with van der Waals surface area (Å²) in [6.45, 7) is 6.93. The first kappa shape index (κ1) is 16.8. The molecule has 112 valence electrons. The lowest BCUT2D eigenvalue weighted by Gasteiger charge is -2.38. The third-order valence-electron chi connectivity index (χ3n) is 3.23. The molecule has 0 spiro atoms. The summed E-state index contributed by atoms with van der Waals surface area (Å²) in [5.41, 5.74) is -1.67. The van der Waals surface area contributed by atoms with E-state index >= 15 is 0 Å². The van der Waals surface area contributed by atoms with Crippen LogP contribution in [0.15, 0.2) is 12.4 Å². The van der Waals surface area contributed by atoms with Crippen LogP contribution >= 0.6 is 0 Å². The van der Waals surface area contributed by atoms with Crippen molar-refractivity contribution in [2.45, 2.75) is 38.9 Å². The Labute approximate surface area is 119 Å². The number of hydrogen-bond acceptors (Lipinski definition) is 7. The first-order valence-corrected chi connectivity index (χ1v) is 6.42. The Bertz CT molecular complexity index is 420. The van der Waals surface area contributed by atoms with E-state index in [4.69, 9.17) is 9.76 Å². The normalized spacial score (nSPS) is 12.3. The second-order valence-electron chi connectivity index (χ2n) is 5.53. The van der Waals surface area contributed by atoms with Crippen LogP contribution in [0.2, 0.25) is 0 Å². The summed E-state index contributed by atoms with van der Waals surface area (Å²) in [5.74, 6) is 0.358. The van der Waals surface area contributed by atoms with Crippen LogP contribution < -0.4 is 10.8 Å². The zero-order valence-electron chi connectivity index (χ0n) is 12.3. The average molecular weight is 283 g/mol. The lowest BCUT2D eigenvalue weighted by atomic mass is 9.78. The van der Waals surface area contributed by atoms with Gasteiger partial charge in [-0.2, -0.15) is 0 Å². The Morgan fingerprint density at radius 3 is 2.25 bits per heavy atom. The van der Waals surface area contributed by atoms with Gasteiger partial charge in [0.25, 0.3) is 0 Å². The Morgan fingerprint density at radius 1 is 1.25 bits per heavy atom. The summed E-state index contributed by atoms with van der Waals surface area (Å²) in [5, 5.41) is 31.5. The van der Waals surface area contributed by atoms with Crippen molar-refractivity contribution >= 4 is 18.5 Å². The predicted molar refractivity (Wildman–Crippen MR) is 76.7 cm³/mol. The fourth-order valence-corrected chi connectivity index (χ4v) is 1.22. The third-order valence-corrected chi connectivity index (χ3v) is 3.23. The van der Waals surface area contributed by atoms with Crippen LogP contribution in [0.4, 0.5) is 5.95 Å². The zero-order chi connectivity index (χ0) is 15.4. The second-order valence-corrected chi connectivity index (χ2v) is 5.53. The molecule has 1 aromatic heterocycles. The first-order valence-electron chi connectivity index (χ1n) is 6.42. The molecule has 7 nitrogen and oxygen atoms in total. The molecule has 0 aliphatic heterocycles. The van der Waals surface area contributed by atoms with Crippen LogP contribution in [0, 0.1) is 0 Å². The van der Waals surface area contributed by atoms with Crippen LogP contribution in [0.5, 0.6) is 0 Å². The Balaban J connectivity index is 2.71. The molecule has 1 heterocycles. The highest BCUT2D eigenvalue weighted by Gasteiger charge is 2.39. The molecule has 0 atom stereocenters. The van der Waals surface area contributed by atoms with Gasteiger partial charge in [-0.25, -0.2) is 9.97 Å². The van der Waals surface area contributed by atoms with Gasteiger partial charge in [0.15, 0.2) is 0 Å². The van der Waals surface area contributed by atoms with E-state index in [9.17, 15) is 10.1 Å². The van der Waals surface area contributed by atoms with E-state index in [1.165, 1.54) is 12.4 Å². The summed E-state index contributed by atoms with van der Waals surface area (Å²) in [7, 11) is -1.23. The molecule has 0 bridgehead atoms. The van der Waals surface area contributed by atoms with Crippen LogP contribution in [-0.4, -0.2) is 56.7 Å². The van der Waals surface area contributed by atoms with Crippen LogP contribution in [0.1, 0.15) is 27.7 Å². The Hall–Kier alpha value is -1.22. The molecule has 0 saturated carbocycles. The van der Waals surface area contributed by atoms with Crippen molar-refractivity contribution in [3.05, 3.63) is 12.4 Å². The van der Waals surface area contributed by atoms with Crippen molar-refractivity contribution in [3.8, 4) is 0 Å². The molecule has 0 fully saturated rings. The minimum absolute atomic E-state index is 0.0172. The topological polar surface area (TPSA) is 108 Å². The van der Waals surface area contributed by atoms with Gasteiger partial charge in [0.1, 0.15) is 0 Å². The van der Waals surface area contributed by atoms with E-state index < -0.39 is 18.3 Å². The maximum atomic E-state index is 10.0. The summed E-state index contributed by atoms with van der Waals surface area (Å²) in [6, 6.07) is 0. The van der Waals surface area contributed by atoms with Gasteiger partial charge in [-0.1, -0.05) is 0 Å². The molecule has 0 unspecified atom stereocenters. The number of nitrogens with zero attached hydrogens (tertiary/aromatic N) is 2. The van der Waals surface area contributed by atoms with Crippen molar-refractivity contribution in [1.29, 1.82) is 0 Å². The second kappa shape index (κ2) is 6.49. The van der Waals surface area contributed by atoms with E-state index in [1.807, 2.05) is 0 Å². The van der Waals surface area contributed by atoms with Crippen molar-refractivity contribution in [2.75, 3.05) is 18.5 Å². The molecule has 0 radical (unpaired) electrons. The summed E-state index contributed by atoms with van der Waals surface area (Å²) in [6.07, 6.45) is 2.86. The lowest BCUT2D eigenvalue weighted by Crippen LogP contribution is -2.53. The van der Waals surface area contributed by atoms with Crippen molar-refractivity contribution < 1.29 is 19.9 Å². The van der Waals surface area contributed by atoms with E-state index in [2.05, 4.69) is 15.3 Å². The lowest BCUT2D eigenvalue weighted by molar-refractivity contribution is -0.0982. The minimum atomic E-state index is -1.23. The molecule has 0 aliphatic rings. The predicted octanol–water partition coefficient (Wildman–Crippen LogP) is -0.866. The van der Waals surface area contributed by atoms with Gasteiger partial charge in [0.05, 0.1) is 17.8 Å².